The van der Waals surface area contributed by atoms with E-state index in [1.165, 1.54) is 6.20 Å². The fraction of sp³-hybridized carbons (Fsp3) is 0.125. The van der Waals surface area contributed by atoms with E-state index < -0.39 is 0 Å². The van der Waals surface area contributed by atoms with Crippen LogP contribution in [-0.4, -0.2) is 10.2 Å². The summed E-state index contributed by atoms with van der Waals surface area (Å²) in [4.78, 5) is 0. The number of nitrogens with zero attached hydrogens (tertiary/aromatic N) is 3. The fourth-order valence-electron chi connectivity index (χ4n) is 1.02. The van der Waals surface area contributed by atoms with Gasteiger partial charge >= 0.3 is 5.89 Å². The highest BCUT2D eigenvalue weighted by molar-refractivity contribution is 9.10. The zero-order chi connectivity index (χ0) is 10.1. The summed E-state index contributed by atoms with van der Waals surface area (Å²) in [5.74, 6) is 0.652. The van der Waals surface area contributed by atoms with Crippen molar-refractivity contribution in [3.05, 3.63) is 33.9 Å². The van der Waals surface area contributed by atoms with Crippen LogP contribution >= 0.6 is 15.9 Å². The van der Waals surface area contributed by atoms with Gasteiger partial charge in [0.05, 0.1) is 0 Å². The Balaban J connectivity index is 2.55. The molecule has 0 aliphatic carbocycles. The SMILES string of the molecule is Cc1nnc(-c2cc(Br)cc[n+]2[O-])o1. The molecule has 0 spiro atoms. The Bertz CT molecular complexity index is 469. The Morgan fingerprint density at radius 2 is 2.29 bits per heavy atom. The highest BCUT2D eigenvalue weighted by atomic mass is 79.9. The number of rotatable bonds is 1. The van der Waals surface area contributed by atoms with Gasteiger partial charge < -0.3 is 9.62 Å². The molecule has 0 saturated heterocycles. The third kappa shape index (κ3) is 1.60. The largest absolute Gasteiger partial charge is 0.618 e. The van der Waals surface area contributed by atoms with Gasteiger partial charge in [0, 0.05) is 23.5 Å². The molecule has 0 atom stereocenters. The van der Waals surface area contributed by atoms with Crippen molar-refractivity contribution in [1.82, 2.24) is 10.2 Å². The molecule has 6 heteroatoms. The van der Waals surface area contributed by atoms with Crippen molar-refractivity contribution in [3.8, 4) is 11.6 Å². The normalized spacial score (nSPS) is 10.4. The van der Waals surface area contributed by atoms with Crippen molar-refractivity contribution in [2.75, 3.05) is 0 Å². The first-order chi connectivity index (χ1) is 6.66. The van der Waals surface area contributed by atoms with Crippen LogP contribution in [0.2, 0.25) is 0 Å². The van der Waals surface area contributed by atoms with Gasteiger partial charge in [0.2, 0.25) is 5.89 Å². The molecule has 0 amide bonds. The number of aromatic nitrogens is 3. The van der Waals surface area contributed by atoms with Gasteiger partial charge in [0.1, 0.15) is 0 Å². The van der Waals surface area contributed by atoms with E-state index in [9.17, 15) is 5.21 Å². The van der Waals surface area contributed by atoms with Crippen molar-refractivity contribution in [3.63, 3.8) is 0 Å². The van der Waals surface area contributed by atoms with E-state index in [0.29, 0.717) is 16.3 Å². The molecule has 0 aromatic carbocycles. The topological polar surface area (TPSA) is 65.9 Å². The van der Waals surface area contributed by atoms with Gasteiger partial charge in [-0.2, -0.15) is 4.73 Å². The zero-order valence-electron chi connectivity index (χ0n) is 7.27. The Morgan fingerprint density at radius 1 is 1.50 bits per heavy atom. The maximum Gasteiger partial charge on any atom is 0.314 e. The summed E-state index contributed by atoms with van der Waals surface area (Å²) in [7, 11) is 0. The van der Waals surface area contributed by atoms with E-state index in [-0.39, 0.29) is 5.89 Å². The molecule has 14 heavy (non-hydrogen) atoms. The smallest absolute Gasteiger partial charge is 0.314 e. The predicted molar refractivity (Wildman–Crippen MR) is 51.1 cm³/mol. The molecule has 5 nitrogen and oxygen atoms in total. The molecule has 0 N–H and O–H groups in total. The lowest BCUT2D eigenvalue weighted by atomic mass is 10.3. The van der Waals surface area contributed by atoms with E-state index >= 15 is 0 Å². The molecular formula is C8H6BrN3O2. The summed E-state index contributed by atoms with van der Waals surface area (Å²) in [5.41, 5.74) is 0.333. The number of pyridine rings is 1. The van der Waals surface area contributed by atoms with Crippen LogP contribution in [0.4, 0.5) is 0 Å². The average Bonchev–Trinajstić information content (AvgIpc) is 2.56. The molecular weight excluding hydrogens is 250 g/mol. The van der Waals surface area contributed by atoms with Gasteiger partial charge in [0.25, 0.3) is 5.69 Å². The number of hydrogen-bond donors (Lipinski definition) is 0. The van der Waals surface area contributed by atoms with Crippen LogP contribution in [-0.2, 0) is 0 Å². The molecule has 2 heterocycles. The number of aryl methyl sites for hydroxylation is 1. The number of halogens is 1. The van der Waals surface area contributed by atoms with Gasteiger partial charge in [0.15, 0.2) is 6.20 Å². The summed E-state index contributed by atoms with van der Waals surface area (Å²) >= 11 is 3.26. The van der Waals surface area contributed by atoms with E-state index in [2.05, 4.69) is 26.1 Å². The minimum atomic E-state index is 0.221. The molecule has 0 aliphatic rings. The summed E-state index contributed by atoms with van der Waals surface area (Å²) in [6, 6.07) is 3.26. The molecule has 0 radical (unpaired) electrons. The fourth-order valence-corrected chi connectivity index (χ4v) is 1.35. The minimum Gasteiger partial charge on any atom is -0.618 e. The van der Waals surface area contributed by atoms with Crippen molar-refractivity contribution < 1.29 is 9.15 Å². The minimum absolute atomic E-state index is 0.221. The molecule has 2 aromatic rings. The lowest BCUT2D eigenvalue weighted by molar-refractivity contribution is -0.594. The summed E-state index contributed by atoms with van der Waals surface area (Å²) in [6.45, 7) is 1.67. The van der Waals surface area contributed by atoms with E-state index in [4.69, 9.17) is 4.42 Å². The highest BCUT2D eigenvalue weighted by Crippen LogP contribution is 2.17. The first kappa shape index (κ1) is 9.14. The van der Waals surface area contributed by atoms with E-state index in [1.54, 1.807) is 19.1 Å². The van der Waals surface area contributed by atoms with Crippen LogP contribution in [0.3, 0.4) is 0 Å². The van der Waals surface area contributed by atoms with Crippen molar-refractivity contribution >= 4 is 15.9 Å². The Morgan fingerprint density at radius 3 is 2.93 bits per heavy atom. The third-order valence-electron chi connectivity index (χ3n) is 1.63. The van der Waals surface area contributed by atoms with E-state index in [1.807, 2.05) is 0 Å². The van der Waals surface area contributed by atoms with Gasteiger partial charge in [-0.05, 0) is 0 Å². The first-order valence-electron chi connectivity index (χ1n) is 3.86. The molecule has 0 unspecified atom stereocenters. The lowest BCUT2D eigenvalue weighted by Gasteiger charge is -1.99. The molecule has 0 fully saturated rings. The van der Waals surface area contributed by atoms with Crippen LogP contribution in [0.25, 0.3) is 11.6 Å². The maximum absolute atomic E-state index is 11.3. The Kier molecular flexibility index (Phi) is 2.20. The molecule has 2 aromatic heterocycles. The second kappa shape index (κ2) is 3.38. The highest BCUT2D eigenvalue weighted by Gasteiger charge is 2.15. The van der Waals surface area contributed by atoms with Crippen LogP contribution in [0.5, 0.6) is 0 Å². The number of hydrogen-bond acceptors (Lipinski definition) is 4. The zero-order valence-corrected chi connectivity index (χ0v) is 8.85. The van der Waals surface area contributed by atoms with Crippen LogP contribution < -0.4 is 4.73 Å². The second-order valence-electron chi connectivity index (χ2n) is 2.68. The first-order valence-corrected chi connectivity index (χ1v) is 4.65. The van der Waals surface area contributed by atoms with Crippen LogP contribution in [0.1, 0.15) is 5.89 Å². The standard InChI is InChI=1S/C8H6BrN3O2/c1-5-10-11-8(14-5)7-4-6(9)2-3-12(7)13/h2-4H,1H3. The van der Waals surface area contributed by atoms with Gasteiger partial charge in [-0.3, -0.25) is 0 Å². The molecule has 72 valence electrons. The molecule has 0 saturated carbocycles. The Labute approximate surface area is 88.1 Å². The molecule has 2 rings (SSSR count). The average molecular weight is 256 g/mol. The summed E-state index contributed by atoms with van der Waals surface area (Å²) in [5, 5.41) is 18.8. The third-order valence-corrected chi connectivity index (χ3v) is 2.12. The van der Waals surface area contributed by atoms with Crippen molar-refractivity contribution in [1.29, 1.82) is 0 Å². The van der Waals surface area contributed by atoms with Gasteiger partial charge in [-0.25, -0.2) is 0 Å². The summed E-state index contributed by atoms with van der Waals surface area (Å²) < 4.78 is 6.61. The predicted octanol–water partition coefficient (Wildman–Crippen LogP) is 1.44. The van der Waals surface area contributed by atoms with Crippen molar-refractivity contribution in [2.24, 2.45) is 0 Å². The molecule has 0 bridgehead atoms. The van der Waals surface area contributed by atoms with Crippen LogP contribution in [0.15, 0.2) is 27.2 Å². The van der Waals surface area contributed by atoms with Crippen LogP contribution in [0, 0.1) is 12.1 Å². The monoisotopic (exact) mass is 255 g/mol. The van der Waals surface area contributed by atoms with Gasteiger partial charge in [-0.15, -0.1) is 10.2 Å². The Hall–Kier alpha value is -1.43. The van der Waals surface area contributed by atoms with Gasteiger partial charge in [-0.1, -0.05) is 15.9 Å². The van der Waals surface area contributed by atoms with Crippen molar-refractivity contribution in [2.45, 2.75) is 6.92 Å². The maximum atomic E-state index is 11.3. The summed E-state index contributed by atoms with van der Waals surface area (Å²) in [6.07, 6.45) is 1.37. The molecule has 0 aliphatic heterocycles. The second-order valence-corrected chi connectivity index (χ2v) is 3.60. The quantitative estimate of drug-likeness (QED) is 0.572. The lowest BCUT2D eigenvalue weighted by Crippen LogP contribution is -2.28. The van der Waals surface area contributed by atoms with E-state index in [0.717, 1.165) is 4.47 Å².